The topological polar surface area (TPSA) is 92.7 Å². The van der Waals surface area contributed by atoms with Crippen LogP contribution in [-0.4, -0.2) is 25.7 Å². The van der Waals surface area contributed by atoms with Crippen LogP contribution in [0.2, 0.25) is 0 Å². The zero-order chi connectivity index (χ0) is 16.0. The van der Waals surface area contributed by atoms with Crippen LogP contribution in [0.3, 0.4) is 0 Å². The molecule has 0 radical (unpaired) electrons. The van der Waals surface area contributed by atoms with Gasteiger partial charge in [0, 0.05) is 29.3 Å². The first-order valence-electron chi connectivity index (χ1n) is 8.04. The van der Waals surface area contributed by atoms with Gasteiger partial charge >= 0.3 is 0 Å². The fraction of sp³-hybridized carbons (Fsp3) is 0.500. The second-order valence-electron chi connectivity index (χ2n) is 6.45. The quantitative estimate of drug-likeness (QED) is 0.873. The van der Waals surface area contributed by atoms with Crippen LogP contribution >= 0.6 is 0 Å². The number of H-pyrrole nitrogens is 1. The summed E-state index contributed by atoms with van der Waals surface area (Å²) in [5.41, 5.74) is 0.762. The van der Waals surface area contributed by atoms with Crippen molar-refractivity contribution in [3.8, 4) is 0 Å². The molecule has 2 fully saturated rings. The molecule has 0 atom stereocenters. The fourth-order valence-electron chi connectivity index (χ4n) is 2.88. The predicted octanol–water partition coefficient (Wildman–Crippen LogP) is 1.42. The van der Waals surface area contributed by atoms with E-state index in [1.165, 1.54) is 18.9 Å². The van der Waals surface area contributed by atoms with Gasteiger partial charge in [-0.2, -0.15) is 0 Å². The van der Waals surface area contributed by atoms with Crippen LogP contribution in [0.1, 0.15) is 65.3 Å². The highest BCUT2D eigenvalue weighted by atomic mass is 16.2. The second-order valence-corrected chi connectivity index (χ2v) is 6.45. The van der Waals surface area contributed by atoms with E-state index in [2.05, 4.69) is 25.1 Å². The van der Waals surface area contributed by atoms with E-state index in [0.717, 1.165) is 24.5 Å². The normalized spacial score (nSPS) is 17.3. The molecule has 2 aromatic rings. The molecule has 1 amide bonds. The molecule has 0 aliphatic heterocycles. The van der Waals surface area contributed by atoms with E-state index in [-0.39, 0.29) is 11.5 Å². The van der Waals surface area contributed by atoms with Gasteiger partial charge in [0.15, 0.2) is 5.82 Å². The number of aryl methyl sites for hydroxylation is 1. The molecule has 0 saturated heterocycles. The van der Waals surface area contributed by atoms with Crippen molar-refractivity contribution in [3.63, 3.8) is 0 Å². The Morgan fingerprint density at radius 2 is 2.09 bits per heavy atom. The van der Waals surface area contributed by atoms with Crippen molar-refractivity contribution in [1.82, 2.24) is 25.1 Å². The molecule has 2 heterocycles. The molecule has 120 valence electrons. The van der Waals surface area contributed by atoms with Crippen LogP contribution in [0.4, 0.5) is 0 Å². The van der Waals surface area contributed by atoms with Gasteiger partial charge in [0.05, 0.1) is 6.54 Å². The molecule has 2 saturated carbocycles. The Bertz CT molecular complexity index is 814. The molecular weight excluding hydrogens is 294 g/mol. The molecule has 23 heavy (non-hydrogen) atoms. The van der Waals surface area contributed by atoms with Gasteiger partial charge in [-0.15, -0.1) is 10.2 Å². The van der Waals surface area contributed by atoms with Gasteiger partial charge in [-0.1, -0.05) is 0 Å². The third kappa shape index (κ3) is 2.91. The lowest BCUT2D eigenvalue weighted by molar-refractivity contribution is 0.0949. The third-order valence-corrected chi connectivity index (χ3v) is 4.30. The fourth-order valence-corrected chi connectivity index (χ4v) is 2.88. The number of hydrogen-bond donors (Lipinski definition) is 2. The van der Waals surface area contributed by atoms with Crippen LogP contribution in [0.25, 0.3) is 0 Å². The number of pyridine rings is 1. The molecule has 2 N–H and O–H groups in total. The summed E-state index contributed by atoms with van der Waals surface area (Å²) in [6.07, 6.45) is 4.69. The van der Waals surface area contributed by atoms with Crippen molar-refractivity contribution >= 4 is 5.91 Å². The average Bonchev–Trinajstić information content (AvgIpc) is 3.42. The van der Waals surface area contributed by atoms with E-state index >= 15 is 0 Å². The van der Waals surface area contributed by atoms with Gasteiger partial charge in [-0.05, 0) is 38.7 Å². The summed E-state index contributed by atoms with van der Waals surface area (Å²) < 4.78 is 2.21. The lowest BCUT2D eigenvalue weighted by Crippen LogP contribution is -2.26. The van der Waals surface area contributed by atoms with Crippen LogP contribution in [0, 0.1) is 6.92 Å². The van der Waals surface area contributed by atoms with Crippen LogP contribution in [0.5, 0.6) is 0 Å². The van der Waals surface area contributed by atoms with Crippen LogP contribution < -0.4 is 10.9 Å². The molecule has 0 aromatic carbocycles. The summed E-state index contributed by atoms with van der Waals surface area (Å²) in [6, 6.07) is 3.47. The molecule has 7 nitrogen and oxygen atoms in total. The lowest BCUT2D eigenvalue weighted by atomic mass is 10.2. The second kappa shape index (κ2) is 5.33. The molecule has 2 aliphatic rings. The summed E-state index contributed by atoms with van der Waals surface area (Å²) in [5.74, 6) is 2.16. The highest BCUT2D eigenvalue weighted by Gasteiger charge is 2.36. The van der Waals surface area contributed by atoms with E-state index in [9.17, 15) is 9.59 Å². The highest BCUT2D eigenvalue weighted by Crippen LogP contribution is 2.44. The van der Waals surface area contributed by atoms with Gasteiger partial charge < -0.3 is 14.9 Å². The number of aromatic nitrogens is 4. The van der Waals surface area contributed by atoms with Crippen molar-refractivity contribution in [2.24, 2.45) is 0 Å². The standard InChI is InChI=1S/C16H19N5O2/c1-9-6-11(7-14(22)18-9)16(23)17-8-13-19-20-15(10-2-3-10)21(13)12-4-5-12/h6-7,10,12H,2-5,8H2,1H3,(H,17,23)(H,18,22). The van der Waals surface area contributed by atoms with Gasteiger partial charge in [0.1, 0.15) is 5.82 Å². The first-order valence-corrected chi connectivity index (χ1v) is 8.04. The Labute approximate surface area is 133 Å². The predicted molar refractivity (Wildman–Crippen MR) is 83.2 cm³/mol. The Balaban J connectivity index is 1.50. The number of hydrogen-bond acceptors (Lipinski definition) is 4. The molecule has 2 aliphatic carbocycles. The van der Waals surface area contributed by atoms with E-state index in [0.29, 0.717) is 29.8 Å². The Kier molecular flexibility index (Phi) is 3.28. The Morgan fingerprint density at radius 1 is 1.30 bits per heavy atom. The lowest BCUT2D eigenvalue weighted by Gasteiger charge is -2.09. The summed E-state index contributed by atoms with van der Waals surface area (Å²) in [6.45, 7) is 2.09. The summed E-state index contributed by atoms with van der Waals surface area (Å²) in [7, 11) is 0. The summed E-state index contributed by atoms with van der Waals surface area (Å²) >= 11 is 0. The van der Waals surface area contributed by atoms with E-state index in [1.807, 2.05) is 0 Å². The van der Waals surface area contributed by atoms with E-state index in [1.54, 1.807) is 13.0 Å². The molecule has 0 bridgehead atoms. The number of carbonyl (C=O) groups excluding carboxylic acids is 1. The molecule has 0 spiro atoms. The minimum absolute atomic E-state index is 0.266. The van der Waals surface area contributed by atoms with Crippen LogP contribution in [0.15, 0.2) is 16.9 Å². The summed E-state index contributed by atoms with van der Waals surface area (Å²) in [5, 5.41) is 11.4. The van der Waals surface area contributed by atoms with E-state index < -0.39 is 0 Å². The number of nitrogens with one attached hydrogen (secondary N) is 2. The van der Waals surface area contributed by atoms with Crippen molar-refractivity contribution in [1.29, 1.82) is 0 Å². The van der Waals surface area contributed by atoms with Crippen LogP contribution in [-0.2, 0) is 6.54 Å². The smallest absolute Gasteiger partial charge is 0.251 e. The molecule has 7 heteroatoms. The maximum atomic E-state index is 12.3. The van der Waals surface area contributed by atoms with Crippen molar-refractivity contribution in [2.75, 3.05) is 0 Å². The first kappa shape index (κ1) is 14.2. The van der Waals surface area contributed by atoms with Gasteiger partial charge in [0.2, 0.25) is 5.56 Å². The number of amides is 1. The maximum absolute atomic E-state index is 12.3. The maximum Gasteiger partial charge on any atom is 0.251 e. The summed E-state index contributed by atoms with van der Waals surface area (Å²) in [4.78, 5) is 26.3. The zero-order valence-corrected chi connectivity index (χ0v) is 13.0. The zero-order valence-electron chi connectivity index (χ0n) is 13.0. The minimum atomic E-state index is -0.271. The number of aromatic amines is 1. The van der Waals surface area contributed by atoms with Gasteiger partial charge in [0.25, 0.3) is 5.91 Å². The molecule has 0 unspecified atom stereocenters. The largest absolute Gasteiger partial charge is 0.345 e. The first-order chi connectivity index (χ1) is 11.1. The number of carbonyl (C=O) groups is 1. The number of rotatable bonds is 5. The average molecular weight is 313 g/mol. The third-order valence-electron chi connectivity index (χ3n) is 4.30. The molecule has 2 aromatic heterocycles. The minimum Gasteiger partial charge on any atom is -0.345 e. The SMILES string of the molecule is Cc1cc(C(=O)NCc2nnc(C3CC3)n2C2CC2)cc(=O)[nH]1. The van der Waals surface area contributed by atoms with Gasteiger partial charge in [-0.3, -0.25) is 9.59 Å². The molecule has 4 rings (SSSR count). The highest BCUT2D eigenvalue weighted by molar-refractivity contribution is 5.94. The van der Waals surface area contributed by atoms with Gasteiger partial charge in [-0.25, -0.2) is 0 Å². The van der Waals surface area contributed by atoms with Crippen molar-refractivity contribution < 1.29 is 4.79 Å². The monoisotopic (exact) mass is 313 g/mol. The Hall–Kier alpha value is -2.44. The Morgan fingerprint density at radius 3 is 2.74 bits per heavy atom. The molecular formula is C16H19N5O2. The number of nitrogens with zero attached hydrogens (tertiary/aromatic N) is 3. The van der Waals surface area contributed by atoms with Crippen molar-refractivity contribution in [2.45, 2.75) is 51.1 Å². The van der Waals surface area contributed by atoms with E-state index in [4.69, 9.17) is 0 Å². The van der Waals surface area contributed by atoms with Crippen molar-refractivity contribution in [3.05, 3.63) is 45.4 Å².